The Morgan fingerprint density at radius 1 is 1.41 bits per heavy atom. The molecular formula is C13H16FN3O4S. The minimum atomic E-state index is -4.16. The Kier molecular flexibility index (Phi) is 3.69. The maximum atomic E-state index is 14.7. The van der Waals surface area contributed by atoms with Crippen LogP contribution in [0, 0.1) is 11.7 Å². The predicted octanol–water partition coefficient (Wildman–Crippen LogP) is -0.136. The largest absolute Gasteiger partial charge is 0.506 e. The standard InChI is InChI=1S/C13H16FN3O4S/c14-12-9(5-8-3-4-15-6-8)1-2-10(18)13(12)17-7-11(19)16-22(17,20)21/h1-2,8,15,18H,3-7H2,(H,16,19). The first-order valence-electron chi connectivity index (χ1n) is 6.93. The lowest BCUT2D eigenvalue weighted by molar-refractivity contribution is -0.117. The first-order chi connectivity index (χ1) is 10.4. The average molecular weight is 329 g/mol. The van der Waals surface area contributed by atoms with E-state index < -0.39 is 39.9 Å². The highest BCUT2D eigenvalue weighted by Gasteiger charge is 2.38. The number of carbonyl (C=O) groups excluding carboxylic acids is 1. The number of phenols is 1. The fourth-order valence-electron chi connectivity index (χ4n) is 2.84. The molecule has 7 nitrogen and oxygen atoms in total. The van der Waals surface area contributed by atoms with Crippen LogP contribution in [-0.4, -0.2) is 39.1 Å². The van der Waals surface area contributed by atoms with E-state index in [1.54, 1.807) is 4.72 Å². The number of hydrogen-bond acceptors (Lipinski definition) is 5. The third kappa shape index (κ3) is 2.61. The third-order valence-electron chi connectivity index (χ3n) is 3.92. The van der Waals surface area contributed by atoms with Crippen LogP contribution in [0.15, 0.2) is 12.1 Å². The predicted molar refractivity (Wildman–Crippen MR) is 77.2 cm³/mol. The van der Waals surface area contributed by atoms with Crippen molar-refractivity contribution in [2.75, 3.05) is 23.9 Å². The Hall–Kier alpha value is -1.87. The summed E-state index contributed by atoms with van der Waals surface area (Å²) in [6.07, 6.45) is 1.36. The van der Waals surface area contributed by atoms with Gasteiger partial charge in [0.2, 0.25) is 0 Å². The zero-order chi connectivity index (χ0) is 15.9. The van der Waals surface area contributed by atoms with E-state index in [4.69, 9.17) is 0 Å². The first kappa shape index (κ1) is 15.0. The Balaban J connectivity index is 1.98. The van der Waals surface area contributed by atoms with Crippen molar-refractivity contribution >= 4 is 21.8 Å². The van der Waals surface area contributed by atoms with Crippen LogP contribution in [0.3, 0.4) is 0 Å². The lowest BCUT2D eigenvalue weighted by Gasteiger charge is -2.19. The maximum absolute atomic E-state index is 14.7. The molecule has 3 N–H and O–H groups in total. The van der Waals surface area contributed by atoms with Crippen LogP contribution < -0.4 is 14.3 Å². The summed E-state index contributed by atoms with van der Waals surface area (Å²) in [5.74, 6) is -1.80. The van der Waals surface area contributed by atoms with E-state index >= 15 is 0 Å². The second-order valence-electron chi connectivity index (χ2n) is 5.51. The van der Waals surface area contributed by atoms with Gasteiger partial charge in [0.1, 0.15) is 18.0 Å². The van der Waals surface area contributed by atoms with E-state index in [1.165, 1.54) is 12.1 Å². The number of aromatic hydroxyl groups is 1. The fraction of sp³-hybridized carbons (Fsp3) is 0.462. The summed E-state index contributed by atoms with van der Waals surface area (Å²) in [5.41, 5.74) is -0.141. The van der Waals surface area contributed by atoms with Gasteiger partial charge in [0.25, 0.3) is 5.91 Å². The lowest BCUT2D eigenvalue weighted by atomic mass is 9.97. The molecule has 0 aromatic heterocycles. The number of amides is 1. The number of halogens is 1. The van der Waals surface area contributed by atoms with Crippen molar-refractivity contribution in [3.8, 4) is 5.75 Å². The van der Waals surface area contributed by atoms with E-state index in [-0.39, 0.29) is 5.92 Å². The normalized spacial score (nSPS) is 23.8. The molecule has 1 aromatic carbocycles. The smallest absolute Gasteiger partial charge is 0.326 e. The van der Waals surface area contributed by atoms with Crippen molar-refractivity contribution < 1.29 is 22.7 Å². The quantitative estimate of drug-likeness (QED) is 0.717. The maximum Gasteiger partial charge on any atom is 0.326 e. The van der Waals surface area contributed by atoms with Gasteiger partial charge in [-0.25, -0.2) is 13.4 Å². The first-order valence-corrected chi connectivity index (χ1v) is 8.37. The zero-order valence-electron chi connectivity index (χ0n) is 11.7. The van der Waals surface area contributed by atoms with Crippen LogP contribution in [0.5, 0.6) is 5.75 Å². The molecule has 0 radical (unpaired) electrons. The van der Waals surface area contributed by atoms with Crippen molar-refractivity contribution in [3.05, 3.63) is 23.5 Å². The average Bonchev–Trinajstić information content (AvgIpc) is 3.01. The van der Waals surface area contributed by atoms with E-state index in [0.29, 0.717) is 16.3 Å². The molecule has 3 rings (SSSR count). The summed E-state index contributed by atoms with van der Waals surface area (Å²) >= 11 is 0. The number of benzene rings is 1. The monoisotopic (exact) mass is 329 g/mol. The number of hydrogen-bond donors (Lipinski definition) is 3. The molecule has 1 amide bonds. The van der Waals surface area contributed by atoms with E-state index in [2.05, 4.69) is 5.32 Å². The fourth-order valence-corrected chi connectivity index (χ4v) is 4.00. The van der Waals surface area contributed by atoms with Crippen LogP contribution in [0.1, 0.15) is 12.0 Å². The van der Waals surface area contributed by atoms with Crippen LogP contribution in [-0.2, 0) is 21.4 Å². The third-order valence-corrected chi connectivity index (χ3v) is 5.29. The summed E-state index contributed by atoms with van der Waals surface area (Å²) in [4.78, 5) is 11.3. The van der Waals surface area contributed by atoms with Gasteiger partial charge in [-0.1, -0.05) is 6.07 Å². The van der Waals surface area contributed by atoms with E-state index in [1.807, 2.05) is 0 Å². The van der Waals surface area contributed by atoms with Gasteiger partial charge in [0.05, 0.1) is 0 Å². The Labute approximate surface area is 127 Å². The highest BCUT2D eigenvalue weighted by atomic mass is 32.2. The van der Waals surface area contributed by atoms with Crippen molar-refractivity contribution in [2.45, 2.75) is 12.8 Å². The minimum absolute atomic E-state index is 0.266. The number of nitrogens with zero attached hydrogens (tertiary/aromatic N) is 1. The molecule has 2 aliphatic rings. The molecule has 120 valence electrons. The zero-order valence-corrected chi connectivity index (χ0v) is 12.5. The molecule has 1 aromatic rings. The molecule has 0 spiro atoms. The SMILES string of the molecule is O=C1CN(c2c(O)ccc(CC3CCNC3)c2F)S(=O)(=O)N1. The minimum Gasteiger partial charge on any atom is -0.506 e. The molecule has 22 heavy (non-hydrogen) atoms. The lowest BCUT2D eigenvalue weighted by Crippen LogP contribution is -2.30. The van der Waals surface area contributed by atoms with Crippen molar-refractivity contribution in [2.24, 2.45) is 5.92 Å². The summed E-state index contributed by atoms with van der Waals surface area (Å²) in [6.45, 7) is 1.11. The van der Waals surface area contributed by atoms with Crippen LogP contribution in [0.25, 0.3) is 0 Å². The summed E-state index contributed by atoms with van der Waals surface area (Å²) in [6, 6.07) is 2.71. The van der Waals surface area contributed by atoms with Gasteiger partial charge in [0, 0.05) is 0 Å². The molecule has 2 fully saturated rings. The molecular weight excluding hydrogens is 313 g/mol. The Bertz CT molecular complexity index is 716. The topological polar surface area (TPSA) is 98.7 Å². The molecule has 2 aliphatic heterocycles. The molecule has 9 heteroatoms. The molecule has 2 saturated heterocycles. The van der Waals surface area contributed by atoms with Gasteiger partial charge in [-0.05, 0) is 43.5 Å². The molecule has 1 unspecified atom stereocenters. The number of anilines is 1. The van der Waals surface area contributed by atoms with Crippen molar-refractivity contribution in [3.63, 3.8) is 0 Å². The molecule has 2 heterocycles. The molecule has 0 aliphatic carbocycles. The second-order valence-corrected chi connectivity index (χ2v) is 7.10. The van der Waals surface area contributed by atoms with Gasteiger partial charge in [-0.3, -0.25) is 4.79 Å². The number of rotatable bonds is 3. The van der Waals surface area contributed by atoms with Crippen LogP contribution in [0.4, 0.5) is 10.1 Å². The van der Waals surface area contributed by atoms with Crippen LogP contribution in [0.2, 0.25) is 0 Å². The summed E-state index contributed by atoms with van der Waals surface area (Å²) < 4.78 is 40.7. The summed E-state index contributed by atoms with van der Waals surface area (Å²) in [5, 5.41) is 13.0. The van der Waals surface area contributed by atoms with Gasteiger partial charge in [0.15, 0.2) is 5.82 Å². The molecule has 0 saturated carbocycles. The van der Waals surface area contributed by atoms with E-state index in [9.17, 15) is 22.7 Å². The van der Waals surface area contributed by atoms with Crippen molar-refractivity contribution in [1.82, 2.24) is 10.0 Å². The number of phenolic OH excluding ortho intramolecular Hbond substituents is 1. The van der Waals surface area contributed by atoms with E-state index in [0.717, 1.165) is 19.5 Å². The second kappa shape index (κ2) is 5.40. The Morgan fingerprint density at radius 3 is 2.77 bits per heavy atom. The molecule has 1 atom stereocenters. The van der Waals surface area contributed by atoms with Crippen LogP contribution >= 0.6 is 0 Å². The Morgan fingerprint density at radius 2 is 2.18 bits per heavy atom. The number of carbonyl (C=O) groups is 1. The highest BCUT2D eigenvalue weighted by molar-refractivity contribution is 7.92. The number of nitrogens with one attached hydrogen (secondary N) is 2. The van der Waals surface area contributed by atoms with Gasteiger partial charge >= 0.3 is 10.2 Å². The van der Waals surface area contributed by atoms with Crippen molar-refractivity contribution in [1.29, 1.82) is 0 Å². The highest BCUT2D eigenvalue weighted by Crippen LogP contribution is 2.36. The summed E-state index contributed by atoms with van der Waals surface area (Å²) in [7, 11) is -4.16. The van der Waals surface area contributed by atoms with Gasteiger partial charge in [-0.15, -0.1) is 0 Å². The van der Waals surface area contributed by atoms with Gasteiger partial charge < -0.3 is 10.4 Å². The molecule has 0 bridgehead atoms. The van der Waals surface area contributed by atoms with Gasteiger partial charge in [-0.2, -0.15) is 8.42 Å².